The fourth-order valence-corrected chi connectivity index (χ4v) is 0.635. The fraction of sp³-hybridized carbons (Fsp3) is 0.100. The highest BCUT2D eigenvalue weighted by atomic mass is 16.4. The number of carboxylic acid groups (broad SMARTS) is 1. The van der Waals surface area contributed by atoms with E-state index in [-0.39, 0.29) is 0 Å². The highest BCUT2D eigenvalue weighted by Crippen LogP contribution is 2.04. The van der Waals surface area contributed by atoms with Crippen molar-refractivity contribution in [3.8, 4) is 12.1 Å². The van der Waals surface area contributed by atoms with E-state index in [9.17, 15) is 4.79 Å². The molecule has 0 saturated heterocycles. The number of carboxylic acids is 1. The number of anilines is 2. The predicted octanol–water partition coefficient (Wildman–Crippen LogP) is 0.585. The van der Waals surface area contributed by atoms with E-state index in [0.717, 1.165) is 11.4 Å². The van der Waals surface area contributed by atoms with E-state index < -0.39 is 11.9 Å². The molecule has 0 aliphatic rings. The van der Waals surface area contributed by atoms with Crippen molar-refractivity contribution in [3.05, 3.63) is 24.3 Å². The Bertz CT molecular complexity index is 393. The summed E-state index contributed by atoms with van der Waals surface area (Å²) >= 11 is 0. The van der Waals surface area contributed by atoms with Crippen LogP contribution in [0.25, 0.3) is 0 Å². The molecular formula is C10H10N4O2. The molecular weight excluding hydrogens is 208 g/mol. The lowest BCUT2D eigenvalue weighted by Gasteiger charge is -1.90. The third kappa shape index (κ3) is 5.10. The van der Waals surface area contributed by atoms with Crippen LogP contribution in [0.2, 0.25) is 0 Å². The zero-order valence-corrected chi connectivity index (χ0v) is 8.29. The molecule has 1 aromatic rings. The smallest absolute Gasteiger partial charge is 0.335 e. The van der Waals surface area contributed by atoms with Crippen LogP contribution < -0.4 is 11.5 Å². The summed E-state index contributed by atoms with van der Waals surface area (Å²) in [7, 11) is 0. The highest BCUT2D eigenvalue weighted by molar-refractivity contribution is 5.75. The largest absolute Gasteiger partial charge is 0.479 e. The quantitative estimate of drug-likeness (QED) is 0.589. The molecule has 0 aliphatic heterocycles. The number of hydrogen-bond donors (Lipinski definition) is 3. The van der Waals surface area contributed by atoms with Gasteiger partial charge in [-0.05, 0) is 24.3 Å². The Morgan fingerprint density at radius 3 is 1.56 bits per heavy atom. The molecule has 16 heavy (non-hydrogen) atoms. The third-order valence-corrected chi connectivity index (χ3v) is 1.44. The van der Waals surface area contributed by atoms with E-state index in [1.54, 1.807) is 24.3 Å². The Labute approximate surface area is 92.3 Å². The van der Waals surface area contributed by atoms with Gasteiger partial charge in [0.1, 0.15) is 0 Å². The second-order valence-corrected chi connectivity index (χ2v) is 2.70. The SMILES string of the molecule is N#CC(C#N)C(=O)O.Nc1ccc(N)cc1. The Kier molecular flexibility index (Phi) is 5.54. The second kappa shape index (κ2) is 6.68. The Balaban J connectivity index is 0.000000281. The van der Waals surface area contributed by atoms with Crippen LogP contribution in [0.3, 0.4) is 0 Å². The average Bonchev–Trinajstić information content (AvgIpc) is 2.25. The lowest BCUT2D eigenvalue weighted by molar-refractivity contribution is -0.138. The summed E-state index contributed by atoms with van der Waals surface area (Å²) in [6, 6.07) is 9.67. The molecule has 82 valence electrons. The van der Waals surface area contributed by atoms with E-state index in [4.69, 9.17) is 27.1 Å². The van der Waals surface area contributed by atoms with Gasteiger partial charge < -0.3 is 16.6 Å². The van der Waals surface area contributed by atoms with Crippen molar-refractivity contribution in [2.75, 3.05) is 11.5 Å². The van der Waals surface area contributed by atoms with Crippen LogP contribution in [0, 0.1) is 28.6 Å². The van der Waals surface area contributed by atoms with Crippen molar-refractivity contribution in [2.45, 2.75) is 0 Å². The molecule has 0 radical (unpaired) electrons. The van der Waals surface area contributed by atoms with Gasteiger partial charge in [0.05, 0.1) is 12.1 Å². The van der Waals surface area contributed by atoms with Crippen molar-refractivity contribution < 1.29 is 9.90 Å². The van der Waals surface area contributed by atoms with Crippen LogP contribution in [-0.4, -0.2) is 11.1 Å². The van der Waals surface area contributed by atoms with Crippen molar-refractivity contribution >= 4 is 17.3 Å². The number of nitriles is 2. The molecule has 0 saturated carbocycles. The second-order valence-electron chi connectivity index (χ2n) is 2.70. The summed E-state index contributed by atoms with van der Waals surface area (Å²) in [5, 5.41) is 23.6. The maximum Gasteiger partial charge on any atom is 0.335 e. The summed E-state index contributed by atoms with van der Waals surface area (Å²) in [6.07, 6.45) is 0. The number of hydrogen-bond acceptors (Lipinski definition) is 5. The molecule has 0 atom stereocenters. The molecule has 0 unspecified atom stereocenters. The van der Waals surface area contributed by atoms with Gasteiger partial charge >= 0.3 is 5.97 Å². The minimum absolute atomic E-state index is 0.749. The fourth-order valence-electron chi connectivity index (χ4n) is 0.635. The molecule has 0 aliphatic carbocycles. The molecule has 0 amide bonds. The van der Waals surface area contributed by atoms with Crippen molar-refractivity contribution in [1.82, 2.24) is 0 Å². The first-order valence-electron chi connectivity index (χ1n) is 4.14. The summed E-state index contributed by atoms with van der Waals surface area (Å²) in [4.78, 5) is 9.72. The Hall–Kier alpha value is -2.73. The van der Waals surface area contributed by atoms with Gasteiger partial charge in [0.2, 0.25) is 5.92 Å². The molecule has 0 bridgehead atoms. The van der Waals surface area contributed by atoms with Gasteiger partial charge in [-0.3, -0.25) is 0 Å². The molecule has 0 spiro atoms. The number of nitrogens with zero attached hydrogens (tertiary/aromatic N) is 2. The van der Waals surface area contributed by atoms with Gasteiger partial charge in [0, 0.05) is 11.4 Å². The molecule has 1 aromatic carbocycles. The molecule has 0 fully saturated rings. The lowest BCUT2D eigenvalue weighted by atomic mass is 10.2. The lowest BCUT2D eigenvalue weighted by Crippen LogP contribution is -2.07. The molecule has 6 nitrogen and oxygen atoms in total. The minimum Gasteiger partial charge on any atom is -0.479 e. The van der Waals surface area contributed by atoms with E-state index in [2.05, 4.69) is 0 Å². The van der Waals surface area contributed by atoms with Gasteiger partial charge in [-0.25, -0.2) is 4.79 Å². The van der Waals surface area contributed by atoms with Crippen LogP contribution >= 0.6 is 0 Å². The number of nitrogen functional groups attached to an aromatic ring is 2. The van der Waals surface area contributed by atoms with E-state index >= 15 is 0 Å². The number of aliphatic carboxylic acids is 1. The molecule has 6 heteroatoms. The zero-order valence-electron chi connectivity index (χ0n) is 8.29. The zero-order chi connectivity index (χ0) is 12.6. The van der Waals surface area contributed by atoms with Gasteiger partial charge in [-0.15, -0.1) is 0 Å². The van der Waals surface area contributed by atoms with Crippen LogP contribution in [0.1, 0.15) is 0 Å². The summed E-state index contributed by atoms with van der Waals surface area (Å²) in [5.74, 6) is -2.91. The standard InChI is InChI=1S/C6H8N2.C4H2N2O2/c7-5-1-2-6(8)4-3-5;5-1-3(2-6)4(7)8/h1-4H,7-8H2;3H,(H,7,8). The van der Waals surface area contributed by atoms with Crippen LogP contribution in [0.15, 0.2) is 24.3 Å². The summed E-state index contributed by atoms with van der Waals surface area (Å²) in [6.45, 7) is 0. The van der Waals surface area contributed by atoms with E-state index in [1.807, 2.05) is 0 Å². The monoisotopic (exact) mass is 218 g/mol. The number of rotatable bonds is 1. The predicted molar refractivity (Wildman–Crippen MR) is 57.6 cm³/mol. The number of carbonyl (C=O) groups is 1. The third-order valence-electron chi connectivity index (χ3n) is 1.44. The first kappa shape index (κ1) is 13.3. The van der Waals surface area contributed by atoms with Crippen LogP contribution in [0.5, 0.6) is 0 Å². The van der Waals surface area contributed by atoms with Crippen molar-refractivity contribution in [2.24, 2.45) is 5.92 Å². The topological polar surface area (TPSA) is 137 Å². The maximum atomic E-state index is 9.72. The molecule has 0 heterocycles. The minimum atomic E-state index is -1.52. The highest BCUT2D eigenvalue weighted by Gasteiger charge is 2.13. The first-order chi connectivity index (χ1) is 7.51. The average molecular weight is 218 g/mol. The first-order valence-corrected chi connectivity index (χ1v) is 4.14. The normalized spacial score (nSPS) is 8.19. The summed E-state index contributed by atoms with van der Waals surface area (Å²) in [5.41, 5.74) is 12.2. The van der Waals surface area contributed by atoms with Gasteiger partial charge in [-0.2, -0.15) is 10.5 Å². The van der Waals surface area contributed by atoms with E-state index in [0.29, 0.717) is 0 Å². The molecule has 5 N–H and O–H groups in total. The van der Waals surface area contributed by atoms with Gasteiger partial charge in [-0.1, -0.05) is 0 Å². The van der Waals surface area contributed by atoms with Crippen LogP contribution in [0.4, 0.5) is 11.4 Å². The van der Waals surface area contributed by atoms with Gasteiger partial charge in [0.25, 0.3) is 0 Å². The molecule has 0 aromatic heterocycles. The van der Waals surface area contributed by atoms with E-state index in [1.165, 1.54) is 12.1 Å². The Morgan fingerprint density at radius 2 is 1.44 bits per heavy atom. The Morgan fingerprint density at radius 1 is 1.12 bits per heavy atom. The maximum absolute atomic E-state index is 9.72. The summed E-state index contributed by atoms with van der Waals surface area (Å²) < 4.78 is 0. The van der Waals surface area contributed by atoms with Crippen molar-refractivity contribution in [1.29, 1.82) is 10.5 Å². The van der Waals surface area contributed by atoms with Crippen LogP contribution in [-0.2, 0) is 4.79 Å². The molecule has 1 rings (SSSR count). The number of benzene rings is 1. The van der Waals surface area contributed by atoms with Gasteiger partial charge in [0.15, 0.2) is 0 Å². The number of nitrogens with two attached hydrogens (primary N) is 2. The van der Waals surface area contributed by atoms with Crippen molar-refractivity contribution in [3.63, 3.8) is 0 Å².